The lowest BCUT2D eigenvalue weighted by molar-refractivity contribution is 0.0441. The van der Waals surface area contributed by atoms with Gasteiger partial charge in [-0.3, -0.25) is 4.57 Å². The van der Waals surface area contributed by atoms with Crippen molar-refractivity contribution in [3.8, 4) is 0 Å². The summed E-state index contributed by atoms with van der Waals surface area (Å²) in [5.41, 5.74) is 1.15. The Morgan fingerprint density at radius 3 is 2.19 bits per heavy atom. The van der Waals surface area contributed by atoms with Gasteiger partial charge in [0.1, 0.15) is 0 Å². The van der Waals surface area contributed by atoms with Crippen molar-refractivity contribution in [2.24, 2.45) is 0 Å². The molecule has 5 nitrogen and oxygen atoms in total. The van der Waals surface area contributed by atoms with Crippen molar-refractivity contribution in [3.05, 3.63) is 76.8 Å². The van der Waals surface area contributed by atoms with E-state index in [0.717, 1.165) is 5.56 Å². The number of hydrogen-bond acceptors (Lipinski definition) is 5. The average Bonchev–Trinajstić information content (AvgIpc) is 2.66. The number of carbonyl (C=O) groups excluding carboxylic acids is 1. The molecule has 0 spiro atoms. The van der Waals surface area contributed by atoms with Gasteiger partial charge in [0.15, 0.2) is 0 Å². The molecule has 0 heterocycles. The van der Waals surface area contributed by atoms with Crippen LogP contribution in [0.1, 0.15) is 29.8 Å². The zero-order valence-electron chi connectivity index (χ0n) is 15.2. The van der Waals surface area contributed by atoms with Crippen LogP contribution in [0, 0.1) is 0 Å². The summed E-state index contributed by atoms with van der Waals surface area (Å²) < 4.78 is 29.4. The van der Waals surface area contributed by atoms with Crippen LogP contribution in [0.15, 0.2) is 60.7 Å². The highest BCUT2D eigenvalue weighted by Crippen LogP contribution is 2.54. The predicted molar refractivity (Wildman–Crippen MR) is 107 cm³/mol. The second kappa shape index (κ2) is 10.4. The summed E-state index contributed by atoms with van der Waals surface area (Å²) in [6.07, 6.45) is 3.24. The first-order chi connectivity index (χ1) is 13.0. The molecule has 0 saturated heterocycles. The third kappa shape index (κ3) is 6.33. The molecule has 27 heavy (non-hydrogen) atoms. The maximum absolute atomic E-state index is 13.2. The monoisotopic (exact) mass is 408 g/mol. The van der Waals surface area contributed by atoms with Gasteiger partial charge in [-0.25, -0.2) is 4.79 Å². The summed E-state index contributed by atoms with van der Waals surface area (Å²) in [5, 5.41) is 0.501. The second-order valence-corrected chi connectivity index (χ2v) is 7.99. The number of rotatable bonds is 9. The van der Waals surface area contributed by atoms with E-state index >= 15 is 0 Å². The van der Waals surface area contributed by atoms with Crippen molar-refractivity contribution < 1.29 is 23.1 Å². The van der Waals surface area contributed by atoms with Gasteiger partial charge < -0.3 is 13.8 Å². The molecular formula is C20H22ClO5P. The molecule has 1 atom stereocenters. The predicted octanol–water partition coefficient (Wildman–Crippen LogP) is 5.80. The molecule has 144 valence electrons. The zero-order chi connectivity index (χ0) is 19.7. The summed E-state index contributed by atoms with van der Waals surface area (Å²) in [6.45, 7) is 3.71. The standard InChI is InChI=1S/C20H22ClO5P/c1-3-24-27(23,25-4-2)19(15-10-16-8-6-5-7-9-16)26-20(22)17-11-13-18(21)14-12-17/h5-15,19H,3-4H2,1-2H3/b15-10+. The molecule has 0 fully saturated rings. The average molecular weight is 409 g/mol. The Hall–Kier alpha value is -1.91. The van der Waals surface area contributed by atoms with Crippen molar-refractivity contribution in [2.45, 2.75) is 19.7 Å². The maximum atomic E-state index is 13.2. The van der Waals surface area contributed by atoms with Crippen molar-refractivity contribution in [2.75, 3.05) is 13.2 Å². The van der Waals surface area contributed by atoms with Crippen LogP contribution in [0.5, 0.6) is 0 Å². The fraction of sp³-hybridized carbons (Fsp3) is 0.250. The van der Waals surface area contributed by atoms with Crippen molar-refractivity contribution in [3.63, 3.8) is 0 Å². The molecule has 2 rings (SSSR count). The third-order valence-electron chi connectivity index (χ3n) is 3.49. The number of carbonyl (C=O) groups is 1. The van der Waals surface area contributed by atoms with Gasteiger partial charge in [-0.15, -0.1) is 0 Å². The van der Waals surface area contributed by atoms with E-state index in [-0.39, 0.29) is 18.8 Å². The minimum Gasteiger partial charge on any atom is -0.441 e. The molecule has 0 saturated carbocycles. The van der Waals surface area contributed by atoms with Crippen LogP contribution in [0.4, 0.5) is 0 Å². The van der Waals surface area contributed by atoms with E-state index in [4.69, 9.17) is 25.4 Å². The van der Waals surface area contributed by atoms with E-state index in [9.17, 15) is 9.36 Å². The van der Waals surface area contributed by atoms with E-state index in [1.165, 1.54) is 18.2 Å². The van der Waals surface area contributed by atoms with Crippen LogP contribution in [0.25, 0.3) is 6.08 Å². The molecule has 0 bridgehead atoms. The van der Waals surface area contributed by atoms with Crippen molar-refractivity contribution in [1.82, 2.24) is 0 Å². The van der Waals surface area contributed by atoms with Gasteiger partial charge >= 0.3 is 13.6 Å². The number of hydrogen-bond donors (Lipinski definition) is 0. The fourth-order valence-electron chi connectivity index (χ4n) is 2.27. The summed E-state index contributed by atoms with van der Waals surface area (Å²) in [7, 11) is -3.71. The molecule has 0 aliphatic rings. The lowest BCUT2D eigenvalue weighted by Crippen LogP contribution is -2.19. The Morgan fingerprint density at radius 2 is 1.63 bits per heavy atom. The Balaban J connectivity index is 2.30. The largest absolute Gasteiger partial charge is 0.441 e. The van der Waals surface area contributed by atoms with Crippen molar-refractivity contribution in [1.29, 1.82) is 0 Å². The molecule has 0 amide bonds. The van der Waals surface area contributed by atoms with Crippen LogP contribution >= 0.6 is 19.2 Å². The van der Waals surface area contributed by atoms with Gasteiger partial charge in [-0.05, 0) is 49.8 Å². The van der Waals surface area contributed by atoms with E-state index in [1.54, 1.807) is 32.1 Å². The quantitative estimate of drug-likeness (QED) is 0.387. The Morgan fingerprint density at radius 1 is 1.04 bits per heavy atom. The summed E-state index contributed by atoms with van der Waals surface area (Å²) in [6, 6.07) is 15.6. The smallest absolute Gasteiger partial charge is 0.374 e. The van der Waals surface area contributed by atoms with E-state index in [0.29, 0.717) is 5.02 Å². The molecule has 0 radical (unpaired) electrons. The highest BCUT2D eigenvalue weighted by atomic mass is 35.5. The van der Waals surface area contributed by atoms with Crippen LogP contribution in [0.2, 0.25) is 5.02 Å². The van der Waals surface area contributed by atoms with Gasteiger partial charge in [0.25, 0.3) is 0 Å². The first kappa shape index (κ1) is 21.4. The molecule has 0 aliphatic carbocycles. The van der Waals surface area contributed by atoms with E-state index in [1.807, 2.05) is 30.3 Å². The maximum Gasteiger partial charge on any atom is 0.374 e. The van der Waals surface area contributed by atoms with Crippen LogP contribution in [-0.4, -0.2) is 25.0 Å². The number of benzene rings is 2. The summed E-state index contributed by atoms with van der Waals surface area (Å²) >= 11 is 5.85. The highest BCUT2D eigenvalue weighted by Gasteiger charge is 2.37. The third-order valence-corrected chi connectivity index (χ3v) is 5.88. The van der Waals surface area contributed by atoms with Crippen molar-refractivity contribution >= 4 is 31.2 Å². The number of halogens is 1. The molecule has 0 aromatic heterocycles. The first-order valence-corrected chi connectivity index (χ1v) is 10.6. The molecule has 2 aromatic rings. The number of esters is 1. The lowest BCUT2D eigenvalue weighted by atomic mass is 10.2. The van der Waals surface area contributed by atoms with Crippen LogP contribution in [-0.2, 0) is 18.3 Å². The van der Waals surface area contributed by atoms with Gasteiger partial charge in [0, 0.05) is 5.02 Å². The van der Waals surface area contributed by atoms with Crippen LogP contribution < -0.4 is 0 Å². The zero-order valence-corrected chi connectivity index (χ0v) is 16.9. The molecular weight excluding hydrogens is 387 g/mol. The van der Waals surface area contributed by atoms with Gasteiger partial charge in [-0.2, -0.15) is 0 Å². The SMILES string of the molecule is CCOP(=O)(OCC)C(/C=C/c1ccccc1)OC(=O)c1ccc(Cl)cc1. The Labute approximate surface area is 164 Å². The first-order valence-electron chi connectivity index (χ1n) is 8.57. The summed E-state index contributed by atoms with van der Waals surface area (Å²) in [4.78, 5) is 12.5. The lowest BCUT2D eigenvalue weighted by Gasteiger charge is -2.24. The fourth-order valence-corrected chi connectivity index (χ4v) is 4.01. The minimum atomic E-state index is -3.71. The normalized spacial score (nSPS) is 12.9. The molecule has 2 aromatic carbocycles. The molecule has 0 aliphatic heterocycles. The summed E-state index contributed by atoms with van der Waals surface area (Å²) in [5.74, 6) is -1.82. The Kier molecular flexibility index (Phi) is 8.26. The minimum absolute atomic E-state index is 0.158. The van der Waals surface area contributed by atoms with Gasteiger partial charge in [0.05, 0.1) is 18.8 Å². The number of ether oxygens (including phenoxy) is 1. The van der Waals surface area contributed by atoms with Crippen LogP contribution in [0.3, 0.4) is 0 Å². The molecule has 0 N–H and O–H groups in total. The topological polar surface area (TPSA) is 61.8 Å². The molecule has 7 heteroatoms. The highest BCUT2D eigenvalue weighted by molar-refractivity contribution is 7.54. The van der Waals surface area contributed by atoms with Gasteiger partial charge in [-0.1, -0.05) is 48.0 Å². The van der Waals surface area contributed by atoms with Gasteiger partial charge in [0.2, 0.25) is 5.85 Å². The Bertz CT molecular complexity index is 795. The second-order valence-electron chi connectivity index (χ2n) is 5.45. The van der Waals surface area contributed by atoms with E-state index in [2.05, 4.69) is 0 Å². The molecule has 1 unspecified atom stereocenters. The van der Waals surface area contributed by atoms with E-state index < -0.39 is 19.4 Å².